The van der Waals surface area contributed by atoms with Crippen molar-refractivity contribution in [3.05, 3.63) is 59.7 Å². The van der Waals surface area contributed by atoms with Crippen LogP contribution in [-0.4, -0.2) is 76.2 Å². The van der Waals surface area contributed by atoms with Crippen molar-refractivity contribution in [2.45, 2.75) is 42.4 Å². The second-order valence-electron chi connectivity index (χ2n) is 9.70. The van der Waals surface area contributed by atoms with Crippen LogP contribution in [-0.2, 0) is 21.0 Å². The number of piperidine rings is 1. The molecule has 15 heteroatoms. The predicted octanol–water partition coefficient (Wildman–Crippen LogP) is 1.77. The van der Waals surface area contributed by atoms with Crippen LogP contribution in [0.4, 0.5) is 18.9 Å². The van der Waals surface area contributed by atoms with E-state index >= 15 is 0 Å². The van der Waals surface area contributed by atoms with Gasteiger partial charge in [0.05, 0.1) is 16.0 Å². The van der Waals surface area contributed by atoms with Crippen LogP contribution in [0.5, 0.6) is 0 Å². The Balaban J connectivity index is 1.47. The van der Waals surface area contributed by atoms with Crippen LogP contribution in [0.2, 0.25) is 0 Å². The summed E-state index contributed by atoms with van der Waals surface area (Å²) < 4.78 is 69.2. The minimum absolute atomic E-state index is 0.0296. The molecule has 0 aliphatic carbocycles. The van der Waals surface area contributed by atoms with Gasteiger partial charge in [-0.25, -0.2) is 8.42 Å². The Morgan fingerprint density at radius 3 is 2.56 bits per heavy atom. The standard InChI is InChI=1S/C26H31F3N6O5S/c27-26(28,29)21-14-18(35-13-4-6-17(16-35)33-25-30-11-5-12-31-25)9-10-20(21)23(36)32-15-22(24(37)38)34-41(39,40)19-7-2-1-3-8-19/h1-3,7-10,14,17,22,34H,4-6,11-13,15-16H2,(H,32,36)(H,37,38)(H2,30,31,33). The van der Waals surface area contributed by atoms with Gasteiger partial charge in [-0.15, -0.1) is 0 Å². The maximum Gasteiger partial charge on any atom is 0.417 e. The van der Waals surface area contributed by atoms with Gasteiger partial charge < -0.3 is 26.0 Å². The number of carboxylic acid groups (broad SMARTS) is 1. The Hall–Kier alpha value is -3.85. The van der Waals surface area contributed by atoms with Crippen LogP contribution in [0.3, 0.4) is 0 Å². The monoisotopic (exact) mass is 596 g/mol. The summed E-state index contributed by atoms with van der Waals surface area (Å²) in [4.78, 5) is 30.5. The first-order chi connectivity index (χ1) is 19.4. The molecule has 2 atom stereocenters. The Morgan fingerprint density at radius 2 is 1.90 bits per heavy atom. The molecule has 11 nitrogen and oxygen atoms in total. The number of nitrogens with zero attached hydrogens (tertiary/aromatic N) is 2. The molecule has 2 aliphatic rings. The number of carbonyl (C=O) groups is 2. The molecule has 5 N–H and O–H groups in total. The molecule has 1 fully saturated rings. The molecule has 2 aromatic carbocycles. The van der Waals surface area contributed by atoms with E-state index in [9.17, 15) is 36.3 Å². The number of carboxylic acids is 1. The third kappa shape index (κ3) is 7.88. The molecule has 2 heterocycles. The molecule has 0 radical (unpaired) electrons. The summed E-state index contributed by atoms with van der Waals surface area (Å²) >= 11 is 0. The molecule has 2 unspecified atom stereocenters. The second kappa shape index (κ2) is 12.8. The van der Waals surface area contributed by atoms with Crippen LogP contribution in [0.25, 0.3) is 0 Å². The van der Waals surface area contributed by atoms with E-state index in [-0.39, 0.29) is 16.6 Å². The number of hydrogen-bond acceptors (Lipinski definition) is 8. The lowest BCUT2D eigenvalue weighted by atomic mass is 10.0. The molecule has 4 rings (SSSR count). The van der Waals surface area contributed by atoms with Gasteiger partial charge in [-0.2, -0.15) is 17.9 Å². The maximum atomic E-state index is 14.1. The lowest BCUT2D eigenvalue weighted by Crippen LogP contribution is -2.52. The first-order valence-corrected chi connectivity index (χ1v) is 14.5. The SMILES string of the molecule is O=C(NCC(NS(=O)(=O)c1ccccc1)C(=O)O)c1ccc(N2CCCC(NC3=NCCCN3)C2)cc1C(F)(F)F. The van der Waals surface area contributed by atoms with E-state index in [0.29, 0.717) is 25.6 Å². The molecule has 41 heavy (non-hydrogen) atoms. The summed E-state index contributed by atoms with van der Waals surface area (Å²) in [6.45, 7) is 1.69. The number of benzene rings is 2. The lowest BCUT2D eigenvalue weighted by Gasteiger charge is -2.36. The topological polar surface area (TPSA) is 152 Å². The summed E-state index contributed by atoms with van der Waals surface area (Å²) in [5.41, 5.74) is -1.60. The number of anilines is 1. The molecule has 0 bridgehead atoms. The van der Waals surface area contributed by atoms with Crippen LogP contribution >= 0.6 is 0 Å². The molecule has 222 valence electrons. The number of guanidine groups is 1. The number of nitrogens with one attached hydrogen (secondary N) is 4. The van der Waals surface area contributed by atoms with Crippen LogP contribution in [0.1, 0.15) is 35.2 Å². The molecular weight excluding hydrogens is 565 g/mol. The highest BCUT2D eigenvalue weighted by atomic mass is 32.2. The van der Waals surface area contributed by atoms with E-state index in [1.54, 1.807) is 11.0 Å². The van der Waals surface area contributed by atoms with Crippen molar-refractivity contribution < 1.29 is 36.3 Å². The van der Waals surface area contributed by atoms with Crippen molar-refractivity contribution in [1.82, 2.24) is 20.7 Å². The molecule has 0 spiro atoms. The molecule has 1 amide bonds. The number of carbonyl (C=O) groups excluding carboxylic acids is 1. The summed E-state index contributed by atoms with van der Waals surface area (Å²) in [6.07, 6.45) is -2.38. The number of sulfonamides is 1. The predicted molar refractivity (Wildman–Crippen MR) is 145 cm³/mol. The zero-order valence-electron chi connectivity index (χ0n) is 21.9. The average Bonchev–Trinajstić information content (AvgIpc) is 2.95. The number of rotatable bonds is 9. The smallest absolute Gasteiger partial charge is 0.417 e. The van der Waals surface area contributed by atoms with E-state index in [4.69, 9.17) is 0 Å². The van der Waals surface area contributed by atoms with E-state index in [0.717, 1.165) is 37.9 Å². The lowest BCUT2D eigenvalue weighted by molar-refractivity contribution is -0.139. The van der Waals surface area contributed by atoms with Crippen molar-refractivity contribution in [2.24, 2.45) is 4.99 Å². The number of aliphatic carboxylic acids is 1. The zero-order valence-corrected chi connectivity index (χ0v) is 22.8. The molecule has 0 aromatic heterocycles. The largest absolute Gasteiger partial charge is 0.480 e. The number of halogens is 3. The summed E-state index contributed by atoms with van der Waals surface area (Å²) in [5.74, 6) is -2.12. The van der Waals surface area contributed by atoms with Gasteiger partial charge in [0.25, 0.3) is 5.91 Å². The first kappa shape index (κ1) is 30.1. The number of amides is 1. The van der Waals surface area contributed by atoms with E-state index in [1.165, 1.54) is 30.3 Å². The molecule has 2 aliphatic heterocycles. The Kier molecular flexibility index (Phi) is 9.38. The van der Waals surface area contributed by atoms with Crippen molar-refractivity contribution in [1.29, 1.82) is 0 Å². The Morgan fingerprint density at radius 1 is 1.15 bits per heavy atom. The van der Waals surface area contributed by atoms with Gasteiger partial charge in [0.15, 0.2) is 5.96 Å². The van der Waals surface area contributed by atoms with Gasteiger partial charge in [0, 0.05) is 44.5 Å². The highest BCUT2D eigenvalue weighted by Crippen LogP contribution is 2.35. The van der Waals surface area contributed by atoms with Crippen molar-refractivity contribution in [3.63, 3.8) is 0 Å². The van der Waals surface area contributed by atoms with Crippen LogP contribution < -0.4 is 25.6 Å². The van der Waals surface area contributed by atoms with Gasteiger partial charge in [-0.1, -0.05) is 18.2 Å². The van der Waals surface area contributed by atoms with Gasteiger partial charge in [-0.05, 0) is 49.6 Å². The average molecular weight is 597 g/mol. The highest BCUT2D eigenvalue weighted by molar-refractivity contribution is 7.89. The molecule has 0 saturated carbocycles. The number of hydrogen-bond donors (Lipinski definition) is 5. The first-order valence-electron chi connectivity index (χ1n) is 13.0. The fourth-order valence-corrected chi connectivity index (χ4v) is 5.85. The Bertz CT molecular complexity index is 1390. The molecular formula is C26H31F3N6O5S. The van der Waals surface area contributed by atoms with Gasteiger partial charge in [0.1, 0.15) is 6.04 Å². The Labute approximate surface area is 235 Å². The van der Waals surface area contributed by atoms with Gasteiger partial charge in [0.2, 0.25) is 10.0 Å². The summed E-state index contributed by atoms with van der Waals surface area (Å²) in [7, 11) is -4.26. The van der Waals surface area contributed by atoms with Crippen molar-refractivity contribution in [2.75, 3.05) is 37.6 Å². The van der Waals surface area contributed by atoms with E-state index in [2.05, 4.69) is 20.9 Å². The quantitative estimate of drug-likeness (QED) is 0.294. The third-order valence-electron chi connectivity index (χ3n) is 6.69. The second-order valence-corrected chi connectivity index (χ2v) is 11.4. The number of aliphatic imine (C=N–C) groups is 1. The van der Waals surface area contributed by atoms with E-state index < -0.39 is 51.8 Å². The van der Waals surface area contributed by atoms with Crippen LogP contribution in [0.15, 0.2) is 58.4 Å². The zero-order chi connectivity index (χ0) is 29.6. The summed E-state index contributed by atoms with van der Waals surface area (Å²) in [5, 5.41) is 18.1. The van der Waals surface area contributed by atoms with Gasteiger partial charge in [-0.3, -0.25) is 14.6 Å². The molecule has 1 saturated heterocycles. The van der Waals surface area contributed by atoms with E-state index in [1.807, 2.05) is 4.72 Å². The number of alkyl halides is 3. The fraction of sp³-hybridized carbons (Fsp3) is 0.423. The van der Waals surface area contributed by atoms with Crippen molar-refractivity contribution >= 4 is 33.5 Å². The van der Waals surface area contributed by atoms with Crippen LogP contribution in [0, 0.1) is 0 Å². The van der Waals surface area contributed by atoms with Crippen molar-refractivity contribution in [3.8, 4) is 0 Å². The minimum atomic E-state index is -4.88. The maximum absolute atomic E-state index is 14.1. The summed E-state index contributed by atoms with van der Waals surface area (Å²) in [6, 6.07) is 8.46. The van der Waals surface area contributed by atoms with Gasteiger partial charge >= 0.3 is 12.1 Å². The highest BCUT2D eigenvalue weighted by Gasteiger charge is 2.37. The minimum Gasteiger partial charge on any atom is -0.480 e. The fourth-order valence-electron chi connectivity index (χ4n) is 4.64. The third-order valence-corrected chi connectivity index (χ3v) is 8.18. The normalized spacial score (nSPS) is 18.6. The molecule has 2 aromatic rings.